The van der Waals surface area contributed by atoms with Crippen molar-refractivity contribution in [1.82, 2.24) is 5.32 Å². The number of carboxylic acid groups (broad SMARTS) is 1. The highest BCUT2D eigenvalue weighted by molar-refractivity contribution is 5.80. The summed E-state index contributed by atoms with van der Waals surface area (Å²) in [4.78, 5) is 22.7. The van der Waals surface area contributed by atoms with E-state index in [0.29, 0.717) is 6.07 Å². The number of phenols is 1. The molecule has 122 valence electrons. The van der Waals surface area contributed by atoms with E-state index in [-0.39, 0.29) is 0 Å². The van der Waals surface area contributed by atoms with Crippen molar-refractivity contribution in [2.24, 2.45) is 0 Å². The summed E-state index contributed by atoms with van der Waals surface area (Å²) in [5.41, 5.74) is -1.39. The van der Waals surface area contributed by atoms with Crippen molar-refractivity contribution in [1.29, 1.82) is 0 Å². The smallest absolute Gasteiger partial charge is 0.408 e. The number of hydrogen-bond donors (Lipinski definition) is 3. The van der Waals surface area contributed by atoms with E-state index in [1.54, 1.807) is 20.8 Å². The molecule has 0 radical (unpaired) electrons. The molecule has 0 saturated carbocycles. The van der Waals surface area contributed by atoms with Gasteiger partial charge in [0.05, 0.1) is 0 Å². The van der Waals surface area contributed by atoms with Crippen LogP contribution in [0.2, 0.25) is 0 Å². The van der Waals surface area contributed by atoms with Crippen LogP contribution in [0.25, 0.3) is 0 Å². The molecule has 0 aliphatic rings. The minimum Gasteiger partial charge on any atom is -0.508 e. The number of benzene rings is 1. The second kappa shape index (κ2) is 6.59. The number of phenolic OH excluding ortho intramolecular Hbond substituents is 1. The summed E-state index contributed by atoms with van der Waals surface area (Å²) in [6.45, 7) is 4.75. The van der Waals surface area contributed by atoms with Crippen molar-refractivity contribution in [2.45, 2.75) is 38.8 Å². The molecule has 0 aliphatic heterocycles. The van der Waals surface area contributed by atoms with Crippen LogP contribution in [-0.4, -0.2) is 33.9 Å². The van der Waals surface area contributed by atoms with E-state index >= 15 is 0 Å². The Balaban J connectivity index is 2.93. The van der Waals surface area contributed by atoms with Gasteiger partial charge in [0.25, 0.3) is 0 Å². The first kappa shape index (κ1) is 17.7. The average molecular weight is 317 g/mol. The van der Waals surface area contributed by atoms with Gasteiger partial charge < -0.3 is 20.3 Å². The summed E-state index contributed by atoms with van der Waals surface area (Å²) < 4.78 is 31.7. The SMILES string of the molecule is CC(C)(C)OC(=O)NC(Cc1c(O)ccc(F)c1F)C(=O)O. The summed E-state index contributed by atoms with van der Waals surface area (Å²) in [6, 6.07) is 0.0304. The van der Waals surface area contributed by atoms with E-state index in [9.17, 15) is 23.5 Å². The summed E-state index contributed by atoms with van der Waals surface area (Å²) in [5, 5.41) is 20.6. The number of carbonyl (C=O) groups excluding carboxylic acids is 1. The summed E-state index contributed by atoms with van der Waals surface area (Å²) in [7, 11) is 0. The predicted molar refractivity (Wildman–Crippen MR) is 72.5 cm³/mol. The van der Waals surface area contributed by atoms with Gasteiger partial charge in [-0.15, -0.1) is 0 Å². The van der Waals surface area contributed by atoms with E-state index in [4.69, 9.17) is 9.84 Å². The molecule has 8 heteroatoms. The molecular weight excluding hydrogens is 300 g/mol. The Morgan fingerprint density at radius 2 is 1.91 bits per heavy atom. The molecule has 0 aliphatic carbocycles. The lowest BCUT2D eigenvalue weighted by Gasteiger charge is -2.22. The lowest BCUT2D eigenvalue weighted by Crippen LogP contribution is -2.44. The average Bonchev–Trinajstić information content (AvgIpc) is 2.35. The number of nitrogens with one attached hydrogen (secondary N) is 1. The fourth-order valence-electron chi connectivity index (χ4n) is 1.63. The third kappa shape index (κ3) is 4.87. The van der Waals surface area contributed by atoms with Crippen LogP contribution >= 0.6 is 0 Å². The van der Waals surface area contributed by atoms with Gasteiger partial charge in [0.15, 0.2) is 11.6 Å². The lowest BCUT2D eigenvalue weighted by atomic mass is 10.0. The number of ether oxygens (including phenoxy) is 1. The first-order valence-electron chi connectivity index (χ1n) is 6.39. The number of alkyl carbamates (subject to hydrolysis) is 1. The van der Waals surface area contributed by atoms with Crippen molar-refractivity contribution in [2.75, 3.05) is 0 Å². The standard InChI is InChI=1S/C14H17F2NO5/c1-14(2,3)22-13(21)17-9(12(19)20)6-7-10(18)5-4-8(15)11(7)16/h4-5,9,18H,6H2,1-3H3,(H,17,21)(H,19,20). The zero-order valence-corrected chi connectivity index (χ0v) is 12.3. The maximum absolute atomic E-state index is 13.6. The summed E-state index contributed by atoms with van der Waals surface area (Å²) >= 11 is 0. The Labute approximate surface area is 125 Å². The minimum atomic E-state index is -1.59. The van der Waals surface area contributed by atoms with Crippen LogP contribution in [-0.2, 0) is 16.0 Å². The maximum atomic E-state index is 13.6. The van der Waals surface area contributed by atoms with Crippen molar-refractivity contribution in [3.05, 3.63) is 29.3 Å². The molecule has 3 N–H and O–H groups in total. The maximum Gasteiger partial charge on any atom is 0.408 e. The molecule has 1 unspecified atom stereocenters. The van der Waals surface area contributed by atoms with Gasteiger partial charge in [0.2, 0.25) is 0 Å². The molecule has 0 fully saturated rings. The molecule has 1 rings (SSSR count). The van der Waals surface area contributed by atoms with Crippen molar-refractivity contribution >= 4 is 12.1 Å². The van der Waals surface area contributed by atoms with Crippen LogP contribution in [0, 0.1) is 11.6 Å². The number of carbonyl (C=O) groups is 2. The van der Waals surface area contributed by atoms with Gasteiger partial charge >= 0.3 is 12.1 Å². The van der Waals surface area contributed by atoms with Crippen LogP contribution in [0.5, 0.6) is 5.75 Å². The van der Waals surface area contributed by atoms with Crippen LogP contribution < -0.4 is 5.32 Å². The quantitative estimate of drug-likeness (QED) is 0.791. The van der Waals surface area contributed by atoms with Gasteiger partial charge in [0.1, 0.15) is 17.4 Å². The Hall–Kier alpha value is -2.38. The molecule has 1 amide bonds. The largest absolute Gasteiger partial charge is 0.508 e. The van der Waals surface area contributed by atoms with Crippen LogP contribution in [0.4, 0.5) is 13.6 Å². The molecule has 0 bridgehead atoms. The normalized spacial score (nSPS) is 12.6. The fourth-order valence-corrected chi connectivity index (χ4v) is 1.63. The molecule has 0 aromatic heterocycles. The molecule has 1 aromatic rings. The van der Waals surface area contributed by atoms with Gasteiger partial charge in [0, 0.05) is 12.0 Å². The highest BCUT2D eigenvalue weighted by Gasteiger charge is 2.27. The van der Waals surface area contributed by atoms with Gasteiger partial charge in [-0.3, -0.25) is 0 Å². The molecule has 1 atom stereocenters. The molecule has 0 spiro atoms. The Morgan fingerprint density at radius 1 is 1.32 bits per heavy atom. The first-order valence-corrected chi connectivity index (χ1v) is 6.39. The van der Waals surface area contributed by atoms with E-state index < -0.39 is 53.1 Å². The number of aromatic hydroxyl groups is 1. The van der Waals surface area contributed by atoms with Crippen LogP contribution in [0.3, 0.4) is 0 Å². The molecule has 1 aromatic carbocycles. The fraction of sp³-hybridized carbons (Fsp3) is 0.429. The molecule has 6 nitrogen and oxygen atoms in total. The second-order valence-electron chi connectivity index (χ2n) is 5.60. The minimum absolute atomic E-state index is 0.538. The third-order valence-electron chi connectivity index (χ3n) is 2.57. The van der Waals surface area contributed by atoms with Crippen molar-refractivity contribution in [3.8, 4) is 5.75 Å². The van der Waals surface area contributed by atoms with Crippen molar-refractivity contribution in [3.63, 3.8) is 0 Å². The number of hydrogen-bond acceptors (Lipinski definition) is 4. The van der Waals surface area contributed by atoms with Gasteiger partial charge in [-0.2, -0.15) is 0 Å². The summed E-state index contributed by atoms with van der Waals surface area (Å²) in [5.74, 6) is -4.67. The Kier molecular flexibility index (Phi) is 5.29. The zero-order valence-electron chi connectivity index (χ0n) is 12.3. The Bertz CT molecular complexity index is 583. The van der Waals surface area contributed by atoms with E-state index in [1.807, 2.05) is 5.32 Å². The predicted octanol–water partition coefficient (Wildman–Crippen LogP) is 2.19. The molecule has 0 heterocycles. The van der Waals surface area contributed by atoms with Gasteiger partial charge in [-0.1, -0.05) is 0 Å². The van der Waals surface area contributed by atoms with Gasteiger partial charge in [-0.25, -0.2) is 18.4 Å². The van der Waals surface area contributed by atoms with Crippen LogP contribution in [0.1, 0.15) is 26.3 Å². The number of carboxylic acids is 1. The third-order valence-corrected chi connectivity index (χ3v) is 2.57. The van der Waals surface area contributed by atoms with Crippen molar-refractivity contribution < 1.29 is 33.3 Å². The molecule has 0 saturated heterocycles. The molecule has 22 heavy (non-hydrogen) atoms. The first-order chi connectivity index (χ1) is 10.0. The topological polar surface area (TPSA) is 95.9 Å². The highest BCUT2D eigenvalue weighted by Crippen LogP contribution is 2.24. The second-order valence-corrected chi connectivity index (χ2v) is 5.60. The van der Waals surface area contributed by atoms with Crippen LogP contribution in [0.15, 0.2) is 12.1 Å². The van der Waals surface area contributed by atoms with E-state index in [1.165, 1.54) is 0 Å². The number of amides is 1. The van der Waals surface area contributed by atoms with Gasteiger partial charge in [-0.05, 0) is 32.9 Å². The molecular formula is C14H17F2NO5. The number of rotatable bonds is 4. The lowest BCUT2D eigenvalue weighted by molar-refractivity contribution is -0.139. The number of aliphatic carboxylic acids is 1. The van der Waals surface area contributed by atoms with E-state index in [0.717, 1.165) is 6.07 Å². The monoisotopic (exact) mass is 317 g/mol. The Morgan fingerprint density at radius 3 is 2.41 bits per heavy atom. The zero-order chi connectivity index (χ0) is 17.1. The summed E-state index contributed by atoms with van der Waals surface area (Å²) in [6.07, 6.45) is -1.65. The van der Waals surface area contributed by atoms with E-state index in [2.05, 4.69) is 0 Å². The number of halogens is 2. The highest BCUT2D eigenvalue weighted by atomic mass is 19.2.